The summed E-state index contributed by atoms with van der Waals surface area (Å²) < 4.78 is 5.58. The molecular weight excluding hydrogens is 270 g/mol. The predicted molar refractivity (Wildman–Crippen MR) is 81.0 cm³/mol. The standard InChI is InChI=1S/C14H19N5O2/c1-9-8-21-10(7-20)6-19(9)13-11-4-2-3-5-12(11)16-14(17-13)18-15/h2-5,9-10,20H,6-8,15H2,1H3,(H,16,17,18). The molecule has 1 aliphatic rings. The number of rotatable bonds is 3. The Balaban J connectivity index is 2.09. The molecule has 0 amide bonds. The van der Waals surface area contributed by atoms with Gasteiger partial charge in [-0.3, -0.25) is 5.43 Å². The normalized spacial score (nSPS) is 22.5. The summed E-state index contributed by atoms with van der Waals surface area (Å²) in [6.07, 6.45) is -0.204. The van der Waals surface area contributed by atoms with Crippen LogP contribution in [0.3, 0.4) is 0 Å². The molecule has 1 saturated heterocycles. The lowest BCUT2D eigenvalue weighted by atomic mass is 10.1. The van der Waals surface area contributed by atoms with Gasteiger partial charge in [-0.15, -0.1) is 0 Å². The van der Waals surface area contributed by atoms with Gasteiger partial charge in [0.05, 0.1) is 30.9 Å². The second kappa shape index (κ2) is 5.80. The number of hydrogen-bond acceptors (Lipinski definition) is 7. The molecule has 0 aliphatic carbocycles. The van der Waals surface area contributed by atoms with Crippen LogP contribution in [0.2, 0.25) is 0 Å². The molecule has 2 atom stereocenters. The number of ether oxygens (including phenoxy) is 1. The number of para-hydroxylation sites is 1. The summed E-state index contributed by atoms with van der Waals surface area (Å²) in [6.45, 7) is 3.20. The lowest BCUT2D eigenvalue weighted by Gasteiger charge is -2.38. The number of aliphatic hydroxyl groups is 1. The third-order valence-electron chi connectivity index (χ3n) is 3.69. The molecule has 0 spiro atoms. The van der Waals surface area contributed by atoms with Crippen LogP contribution in [0.15, 0.2) is 24.3 Å². The monoisotopic (exact) mass is 289 g/mol. The largest absolute Gasteiger partial charge is 0.394 e. The molecule has 1 aromatic heterocycles. The van der Waals surface area contributed by atoms with Crippen molar-refractivity contribution in [2.75, 3.05) is 30.1 Å². The smallest absolute Gasteiger partial charge is 0.239 e. The lowest BCUT2D eigenvalue weighted by molar-refractivity contribution is -0.0104. The molecule has 7 nitrogen and oxygen atoms in total. The van der Waals surface area contributed by atoms with Crippen molar-refractivity contribution >= 4 is 22.7 Å². The molecule has 0 radical (unpaired) electrons. The van der Waals surface area contributed by atoms with Crippen LogP contribution < -0.4 is 16.2 Å². The molecule has 112 valence electrons. The Morgan fingerprint density at radius 3 is 3.00 bits per heavy atom. The number of anilines is 2. The van der Waals surface area contributed by atoms with Crippen molar-refractivity contribution in [1.82, 2.24) is 9.97 Å². The Bertz CT molecular complexity index is 636. The summed E-state index contributed by atoms with van der Waals surface area (Å²) in [6, 6.07) is 7.96. The van der Waals surface area contributed by atoms with E-state index in [0.717, 1.165) is 16.7 Å². The number of hydrogen-bond donors (Lipinski definition) is 3. The van der Waals surface area contributed by atoms with Gasteiger partial charge in [-0.1, -0.05) is 12.1 Å². The van der Waals surface area contributed by atoms with Crippen molar-refractivity contribution in [1.29, 1.82) is 0 Å². The van der Waals surface area contributed by atoms with Crippen LogP contribution in [0.25, 0.3) is 10.9 Å². The molecule has 1 aromatic carbocycles. The molecular formula is C14H19N5O2. The number of aromatic nitrogens is 2. The van der Waals surface area contributed by atoms with E-state index in [2.05, 4.69) is 27.2 Å². The lowest BCUT2D eigenvalue weighted by Crippen LogP contribution is -2.50. The summed E-state index contributed by atoms with van der Waals surface area (Å²) in [5, 5.41) is 10.3. The van der Waals surface area contributed by atoms with E-state index in [1.54, 1.807) is 0 Å². The average molecular weight is 289 g/mol. The third kappa shape index (κ3) is 2.63. The first-order valence-corrected chi connectivity index (χ1v) is 6.95. The fraction of sp³-hybridized carbons (Fsp3) is 0.429. The highest BCUT2D eigenvalue weighted by Crippen LogP contribution is 2.28. The van der Waals surface area contributed by atoms with Crippen LogP contribution in [-0.2, 0) is 4.74 Å². The third-order valence-corrected chi connectivity index (χ3v) is 3.69. The zero-order valence-electron chi connectivity index (χ0n) is 11.9. The SMILES string of the molecule is CC1COC(CO)CN1c1nc(NN)nc2ccccc12. The van der Waals surface area contributed by atoms with Crippen molar-refractivity contribution in [2.24, 2.45) is 5.84 Å². The van der Waals surface area contributed by atoms with Gasteiger partial charge in [0.1, 0.15) is 5.82 Å². The second-order valence-electron chi connectivity index (χ2n) is 5.17. The molecule has 1 fully saturated rings. The number of hydrazine groups is 1. The van der Waals surface area contributed by atoms with Crippen LogP contribution in [0, 0.1) is 0 Å². The van der Waals surface area contributed by atoms with Gasteiger partial charge in [-0.25, -0.2) is 10.8 Å². The van der Waals surface area contributed by atoms with Crippen LogP contribution in [0.1, 0.15) is 6.92 Å². The molecule has 3 rings (SSSR count). The quantitative estimate of drug-likeness (QED) is 0.559. The Hall–Kier alpha value is -1.96. The fourth-order valence-corrected chi connectivity index (χ4v) is 2.57. The fourth-order valence-electron chi connectivity index (χ4n) is 2.57. The number of nitrogens with one attached hydrogen (secondary N) is 1. The maximum Gasteiger partial charge on any atom is 0.239 e. The molecule has 21 heavy (non-hydrogen) atoms. The minimum atomic E-state index is -0.204. The molecule has 2 heterocycles. The van der Waals surface area contributed by atoms with Gasteiger partial charge in [-0.2, -0.15) is 4.98 Å². The Labute approximate surface area is 122 Å². The van der Waals surface area contributed by atoms with Gasteiger partial charge < -0.3 is 14.7 Å². The first-order valence-electron chi connectivity index (χ1n) is 6.95. The van der Waals surface area contributed by atoms with Gasteiger partial charge in [0.2, 0.25) is 5.95 Å². The molecule has 2 unspecified atom stereocenters. The van der Waals surface area contributed by atoms with Crippen LogP contribution in [-0.4, -0.2) is 47.0 Å². The molecule has 2 aromatic rings. The van der Waals surface area contributed by atoms with Crippen molar-refractivity contribution in [3.05, 3.63) is 24.3 Å². The van der Waals surface area contributed by atoms with Gasteiger partial charge in [-0.05, 0) is 19.1 Å². The van der Waals surface area contributed by atoms with Gasteiger partial charge in [0.15, 0.2) is 0 Å². The van der Waals surface area contributed by atoms with Crippen molar-refractivity contribution < 1.29 is 9.84 Å². The number of aliphatic hydroxyl groups excluding tert-OH is 1. The zero-order valence-corrected chi connectivity index (χ0v) is 11.9. The Kier molecular flexibility index (Phi) is 3.87. The van der Waals surface area contributed by atoms with Crippen LogP contribution in [0.5, 0.6) is 0 Å². The molecule has 0 bridgehead atoms. The number of nitrogens with two attached hydrogens (primary N) is 1. The molecule has 7 heteroatoms. The van der Waals surface area contributed by atoms with E-state index < -0.39 is 0 Å². The highest BCUT2D eigenvalue weighted by atomic mass is 16.5. The Morgan fingerprint density at radius 1 is 1.43 bits per heavy atom. The summed E-state index contributed by atoms with van der Waals surface area (Å²) in [4.78, 5) is 11.0. The summed E-state index contributed by atoms with van der Waals surface area (Å²) >= 11 is 0. The number of nitrogen functional groups attached to an aromatic ring is 1. The zero-order chi connectivity index (χ0) is 14.8. The van der Waals surface area contributed by atoms with E-state index in [1.165, 1.54) is 0 Å². The maximum absolute atomic E-state index is 9.34. The van der Waals surface area contributed by atoms with Crippen molar-refractivity contribution in [3.63, 3.8) is 0 Å². The first kappa shape index (κ1) is 14.0. The van der Waals surface area contributed by atoms with E-state index in [4.69, 9.17) is 10.6 Å². The van der Waals surface area contributed by atoms with Gasteiger partial charge in [0.25, 0.3) is 0 Å². The number of benzene rings is 1. The predicted octanol–water partition coefficient (Wildman–Crippen LogP) is 0.501. The van der Waals surface area contributed by atoms with Gasteiger partial charge in [0, 0.05) is 11.9 Å². The van der Waals surface area contributed by atoms with E-state index in [1.807, 2.05) is 24.3 Å². The molecule has 4 N–H and O–H groups in total. The number of fused-ring (bicyclic) bond motifs is 1. The second-order valence-corrected chi connectivity index (χ2v) is 5.17. The summed E-state index contributed by atoms with van der Waals surface area (Å²) in [5.41, 5.74) is 3.34. The summed E-state index contributed by atoms with van der Waals surface area (Å²) in [5.74, 6) is 6.66. The number of nitrogens with zero attached hydrogens (tertiary/aromatic N) is 3. The summed E-state index contributed by atoms with van der Waals surface area (Å²) in [7, 11) is 0. The number of morpholine rings is 1. The van der Waals surface area contributed by atoms with E-state index >= 15 is 0 Å². The maximum atomic E-state index is 9.34. The highest BCUT2D eigenvalue weighted by Gasteiger charge is 2.28. The Morgan fingerprint density at radius 2 is 2.24 bits per heavy atom. The minimum absolute atomic E-state index is 0.00572. The first-order chi connectivity index (χ1) is 10.2. The van der Waals surface area contributed by atoms with E-state index in [0.29, 0.717) is 19.1 Å². The van der Waals surface area contributed by atoms with Gasteiger partial charge >= 0.3 is 0 Å². The van der Waals surface area contributed by atoms with Crippen LogP contribution >= 0.6 is 0 Å². The average Bonchev–Trinajstić information content (AvgIpc) is 2.54. The minimum Gasteiger partial charge on any atom is -0.394 e. The van der Waals surface area contributed by atoms with Crippen molar-refractivity contribution in [2.45, 2.75) is 19.1 Å². The van der Waals surface area contributed by atoms with E-state index in [-0.39, 0.29) is 18.8 Å². The van der Waals surface area contributed by atoms with Crippen LogP contribution in [0.4, 0.5) is 11.8 Å². The molecule has 1 aliphatic heterocycles. The molecule has 0 saturated carbocycles. The highest BCUT2D eigenvalue weighted by molar-refractivity contribution is 5.90. The topological polar surface area (TPSA) is 96.5 Å². The van der Waals surface area contributed by atoms with E-state index in [9.17, 15) is 5.11 Å². The van der Waals surface area contributed by atoms with Crippen molar-refractivity contribution in [3.8, 4) is 0 Å².